The maximum Gasteiger partial charge on any atom is 0.260 e. The van der Waals surface area contributed by atoms with E-state index in [4.69, 9.17) is 32.9 Å². The molecule has 8 nitrogen and oxygen atoms in total. The molecule has 1 atom stereocenters. The van der Waals surface area contributed by atoms with E-state index < -0.39 is 0 Å². The maximum atomic E-state index is 13.0. The molecule has 1 N–H and O–H groups in total. The van der Waals surface area contributed by atoms with E-state index in [0.717, 1.165) is 16.6 Å². The van der Waals surface area contributed by atoms with Crippen molar-refractivity contribution < 1.29 is 14.3 Å². The molecule has 0 spiro atoms. The van der Waals surface area contributed by atoms with Crippen LogP contribution in [0.2, 0.25) is 10.0 Å². The highest BCUT2D eigenvalue weighted by atomic mass is 35.5. The maximum absolute atomic E-state index is 13.0. The lowest BCUT2D eigenvalue weighted by Gasteiger charge is -2.18. The minimum absolute atomic E-state index is 0.00680. The van der Waals surface area contributed by atoms with Crippen LogP contribution in [0.15, 0.2) is 71.8 Å². The molecule has 1 aliphatic heterocycles. The molecular formula is C27H23Cl2N5O3. The number of nitrogens with one attached hydrogen (secondary N) is 1. The predicted molar refractivity (Wildman–Crippen MR) is 145 cm³/mol. The van der Waals surface area contributed by atoms with Gasteiger partial charge in [-0.25, -0.2) is 10.4 Å². The molecular weight excluding hydrogens is 513 g/mol. The second-order valence-corrected chi connectivity index (χ2v) is 9.46. The third-order valence-corrected chi connectivity index (χ3v) is 6.74. The van der Waals surface area contributed by atoms with Crippen molar-refractivity contribution in [2.75, 3.05) is 18.6 Å². The topological polar surface area (TPSA) is 88.8 Å². The number of carbonyl (C=O) groups excluding carboxylic acids is 2. The number of nitrogens with zero attached hydrogens (tertiary/aromatic N) is 4. The summed E-state index contributed by atoms with van der Waals surface area (Å²) in [6.07, 6.45) is 1.82. The third kappa shape index (κ3) is 5.30. The normalized spacial score (nSPS) is 15.6. The van der Waals surface area contributed by atoms with E-state index in [1.165, 1.54) is 0 Å². The van der Waals surface area contributed by atoms with E-state index in [9.17, 15) is 9.59 Å². The fourth-order valence-corrected chi connectivity index (χ4v) is 4.81. The van der Waals surface area contributed by atoms with Crippen LogP contribution in [0.1, 0.15) is 23.7 Å². The van der Waals surface area contributed by atoms with E-state index >= 15 is 0 Å². The van der Waals surface area contributed by atoms with Crippen molar-refractivity contribution in [3.8, 4) is 5.75 Å². The zero-order chi connectivity index (χ0) is 25.9. The molecule has 4 aromatic rings. The Hall–Kier alpha value is -3.88. The van der Waals surface area contributed by atoms with Crippen molar-refractivity contribution >= 4 is 58.0 Å². The number of rotatable bonds is 7. The summed E-state index contributed by atoms with van der Waals surface area (Å²) in [4.78, 5) is 32.3. The summed E-state index contributed by atoms with van der Waals surface area (Å²) in [5.41, 5.74) is 5.64. The van der Waals surface area contributed by atoms with Gasteiger partial charge in [-0.05, 0) is 48.0 Å². The third-order valence-electron chi connectivity index (χ3n) is 6.20. The molecule has 1 unspecified atom stereocenters. The lowest BCUT2D eigenvalue weighted by Crippen LogP contribution is -2.26. The van der Waals surface area contributed by atoms with Gasteiger partial charge in [0.25, 0.3) is 5.91 Å². The fourth-order valence-electron chi connectivity index (χ4n) is 4.43. The van der Waals surface area contributed by atoms with Gasteiger partial charge in [-0.1, -0.05) is 47.5 Å². The molecule has 3 aromatic carbocycles. The molecule has 2 heterocycles. The Balaban J connectivity index is 1.37. The number of halogens is 2. The molecule has 10 heteroatoms. The number of hydrogen-bond acceptors (Lipinski definition) is 5. The van der Waals surface area contributed by atoms with Crippen molar-refractivity contribution in [2.24, 2.45) is 5.10 Å². The summed E-state index contributed by atoms with van der Waals surface area (Å²) >= 11 is 12.2. The Kier molecular flexibility index (Phi) is 7.12. The van der Waals surface area contributed by atoms with Crippen LogP contribution in [0, 0.1) is 0 Å². The second kappa shape index (κ2) is 10.6. The highest BCUT2D eigenvalue weighted by Crippen LogP contribution is 2.36. The van der Waals surface area contributed by atoms with Gasteiger partial charge in [0, 0.05) is 29.6 Å². The predicted octanol–water partition coefficient (Wildman–Crippen LogP) is 5.02. The highest BCUT2D eigenvalue weighted by molar-refractivity contribution is 6.32. The summed E-state index contributed by atoms with van der Waals surface area (Å²) in [6.45, 7) is 0.425. The van der Waals surface area contributed by atoms with Crippen molar-refractivity contribution in [1.29, 1.82) is 0 Å². The number of para-hydroxylation sites is 2. The van der Waals surface area contributed by atoms with E-state index in [2.05, 4.69) is 10.5 Å². The molecule has 37 heavy (non-hydrogen) atoms. The van der Waals surface area contributed by atoms with Crippen LogP contribution >= 0.6 is 23.2 Å². The van der Waals surface area contributed by atoms with Crippen LogP contribution in [-0.2, 0) is 16.1 Å². The average molecular weight is 536 g/mol. The van der Waals surface area contributed by atoms with Crippen molar-refractivity contribution in [3.63, 3.8) is 0 Å². The molecule has 188 valence electrons. The Morgan fingerprint density at radius 2 is 1.95 bits per heavy atom. The summed E-state index contributed by atoms with van der Waals surface area (Å²) in [5, 5.41) is 5.11. The molecule has 2 amide bonds. The van der Waals surface area contributed by atoms with E-state index in [0.29, 0.717) is 33.9 Å². The zero-order valence-corrected chi connectivity index (χ0v) is 21.4. The van der Waals surface area contributed by atoms with Crippen LogP contribution in [0.3, 0.4) is 0 Å². The van der Waals surface area contributed by atoms with Gasteiger partial charge >= 0.3 is 0 Å². The van der Waals surface area contributed by atoms with Crippen LogP contribution in [0.5, 0.6) is 5.75 Å². The van der Waals surface area contributed by atoms with Gasteiger partial charge in [0.15, 0.2) is 0 Å². The number of hydrogen-bond donors (Lipinski definition) is 1. The average Bonchev–Trinajstić information content (AvgIpc) is 3.45. The number of fused-ring (bicyclic) bond motifs is 1. The second-order valence-electron chi connectivity index (χ2n) is 8.61. The first-order chi connectivity index (χ1) is 17.9. The molecule has 0 bridgehead atoms. The number of aromatic nitrogens is 2. The number of imidazole rings is 1. The number of hydrazone groups is 1. The molecule has 5 rings (SSSR count). The summed E-state index contributed by atoms with van der Waals surface area (Å²) in [7, 11) is 1.54. The van der Waals surface area contributed by atoms with E-state index in [-0.39, 0.29) is 30.7 Å². The molecule has 0 aliphatic carbocycles. The highest BCUT2D eigenvalue weighted by Gasteiger charge is 2.35. The lowest BCUT2D eigenvalue weighted by atomic mass is 10.1. The van der Waals surface area contributed by atoms with Crippen LogP contribution in [0.25, 0.3) is 11.0 Å². The number of amides is 2. The molecule has 0 saturated carbocycles. The van der Waals surface area contributed by atoms with E-state index in [1.807, 2.05) is 28.8 Å². The Morgan fingerprint density at radius 1 is 1.16 bits per heavy atom. The molecule has 1 aliphatic rings. The quantitative estimate of drug-likeness (QED) is 0.265. The first-order valence-electron chi connectivity index (χ1n) is 11.6. The number of carbonyl (C=O) groups is 2. The van der Waals surface area contributed by atoms with Crippen molar-refractivity contribution in [2.45, 2.75) is 18.9 Å². The number of ether oxygens (including phenoxy) is 1. The number of benzene rings is 3. The van der Waals surface area contributed by atoms with Crippen LogP contribution in [0.4, 0.5) is 5.69 Å². The lowest BCUT2D eigenvalue weighted by molar-refractivity contribution is -0.121. The largest absolute Gasteiger partial charge is 0.495 e. The number of anilines is 1. The van der Waals surface area contributed by atoms with Gasteiger partial charge in [0.1, 0.15) is 18.1 Å². The Morgan fingerprint density at radius 3 is 2.70 bits per heavy atom. The molecule has 1 aromatic heterocycles. The monoisotopic (exact) mass is 535 g/mol. The minimum Gasteiger partial charge on any atom is -0.495 e. The van der Waals surface area contributed by atoms with Crippen molar-refractivity contribution in [1.82, 2.24) is 15.0 Å². The molecule has 1 fully saturated rings. The van der Waals surface area contributed by atoms with Gasteiger partial charge in [0.2, 0.25) is 5.91 Å². The number of methoxy groups -OCH3 is 1. The van der Waals surface area contributed by atoms with Gasteiger partial charge < -0.3 is 14.2 Å². The molecule has 0 radical (unpaired) electrons. The SMILES string of the molecule is COc1ccc(N2CC(c3nc4ccccc4n3CC(=O)N/N=C/c3ccc(Cl)cc3)CC2=O)cc1Cl. The smallest absolute Gasteiger partial charge is 0.260 e. The summed E-state index contributed by atoms with van der Waals surface area (Å²) in [6, 6.07) is 20.0. The van der Waals surface area contributed by atoms with Gasteiger partial charge in [-0.2, -0.15) is 5.10 Å². The first-order valence-corrected chi connectivity index (χ1v) is 12.3. The minimum atomic E-state index is -0.308. The fraction of sp³-hybridized carbons (Fsp3) is 0.185. The van der Waals surface area contributed by atoms with Crippen LogP contribution in [-0.4, -0.2) is 41.2 Å². The van der Waals surface area contributed by atoms with Crippen LogP contribution < -0.4 is 15.1 Å². The van der Waals surface area contributed by atoms with Crippen molar-refractivity contribution in [3.05, 3.63) is 88.2 Å². The van der Waals surface area contributed by atoms with E-state index in [1.54, 1.807) is 60.7 Å². The Bertz CT molecular complexity index is 1500. The van der Waals surface area contributed by atoms with Gasteiger partial charge in [0.05, 0.1) is 29.4 Å². The summed E-state index contributed by atoms with van der Waals surface area (Å²) in [5.74, 6) is 0.666. The summed E-state index contributed by atoms with van der Waals surface area (Å²) < 4.78 is 7.07. The first kappa shape index (κ1) is 24.8. The van der Waals surface area contributed by atoms with Gasteiger partial charge in [-0.15, -0.1) is 0 Å². The van der Waals surface area contributed by atoms with Gasteiger partial charge in [-0.3, -0.25) is 9.59 Å². The zero-order valence-electron chi connectivity index (χ0n) is 19.9. The molecule has 1 saturated heterocycles. The Labute approximate surface area is 223 Å². The standard InChI is InChI=1S/C27H23Cl2N5O3/c1-37-24-11-10-20(13-21(24)29)33-15-18(12-26(33)36)27-31-22-4-2-3-5-23(22)34(27)16-25(35)32-30-14-17-6-8-19(28)9-7-17/h2-11,13-14,18H,12,15-16H2,1H3,(H,32,35)/b30-14+.